The molecule has 2 aromatic carbocycles. The molecule has 3 heterocycles. The molecule has 3 aromatic rings. The number of halogens is 1. The van der Waals surface area contributed by atoms with Gasteiger partial charge in [-0.2, -0.15) is 0 Å². The summed E-state index contributed by atoms with van der Waals surface area (Å²) in [5.74, 6) is -0.695. The van der Waals surface area contributed by atoms with E-state index in [4.69, 9.17) is 14.5 Å². The van der Waals surface area contributed by atoms with Gasteiger partial charge in [0.15, 0.2) is 0 Å². The summed E-state index contributed by atoms with van der Waals surface area (Å²) in [6, 6.07) is 14.2. The highest BCUT2D eigenvalue weighted by atomic mass is 19.1. The summed E-state index contributed by atoms with van der Waals surface area (Å²) in [6.45, 7) is 7.35. The first-order valence-electron chi connectivity index (χ1n) is 13.2. The predicted molar refractivity (Wildman–Crippen MR) is 142 cm³/mol. The summed E-state index contributed by atoms with van der Waals surface area (Å²) >= 11 is 0. The SMILES string of the molecule is CCOC(=O)N1CCC(NC(=O)c2cc(-c3ccc(CN4CCOCC4)cc3)nc3ccc(F)cc23)CC1. The molecule has 0 bridgehead atoms. The maximum atomic E-state index is 14.2. The molecule has 2 aliphatic heterocycles. The number of aromatic nitrogens is 1. The van der Waals surface area contributed by atoms with E-state index in [1.54, 1.807) is 24.0 Å². The number of pyridine rings is 1. The first-order chi connectivity index (χ1) is 18.5. The van der Waals surface area contributed by atoms with E-state index in [0.29, 0.717) is 54.7 Å². The number of hydrogen-bond donors (Lipinski definition) is 1. The van der Waals surface area contributed by atoms with Gasteiger partial charge < -0.3 is 19.7 Å². The number of likely N-dealkylation sites (tertiary alicyclic amines) is 1. The van der Waals surface area contributed by atoms with Crippen LogP contribution in [0.1, 0.15) is 35.7 Å². The third-order valence-electron chi connectivity index (χ3n) is 7.13. The normalized spacial score (nSPS) is 16.9. The molecule has 2 saturated heterocycles. The molecule has 1 N–H and O–H groups in total. The topological polar surface area (TPSA) is 84.0 Å². The summed E-state index contributed by atoms with van der Waals surface area (Å²) in [7, 11) is 0. The lowest BCUT2D eigenvalue weighted by atomic mass is 10.0. The molecule has 1 aromatic heterocycles. The fourth-order valence-electron chi connectivity index (χ4n) is 5.02. The molecule has 5 rings (SSSR count). The van der Waals surface area contributed by atoms with E-state index < -0.39 is 5.82 Å². The van der Waals surface area contributed by atoms with Crippen LogP contribution >= 0.6 is 0 Å². The highest BCUT2D eigenvalue weighted by Gasteiger charge is 2.26. The van der Waals surface area contributed by atoms with Crippen LogP contribution in [0.15, 0.2) is 48.5 Å². The quantitative estimate of drug-likeness (QED) is 0.524. The minimum Gasteiger partial charge on any atom is -0.450 e. The van der Waals surface area contributed by atoms with Crippen molar-refractivity contribution in [1.82, 2.24) is 20.1 Å². The molecule has 0 atom stereocenters. The average Bonchev–Trinajstić information content (AvgIpc) is 2.94. The van der Waals surface area contributed by atoms with Gasteiger partial charge >= 0.3 is 6.09 Å². The van der Waals surface area contributed by atoms with Gasteiger partial charge in [-0.3, -0.25) is 9.69 Å². The van der Waals surface area contributed by atoms with Crippen molar-refractivity contribution in [3.63, 3.8) is 0 Å². The lowest BCUT2D eigenvalue weighted by Crippen LogP contribution is -2.46. The largest absolute Gasteiger partial charge is 0.450 e. The fourth-order valence-corrected chi connectivity index (χ4v) is 5.02. The molecular weight excluding hydrogens is 487 g/mol. The zero-order chi connectivity index (χ0) is 26.5. The van der Waals surface area contributed by atoms with Crippen LogP contribution < -0.4 is 5.32 Å². The molecule has 38 heavy (non-hydrogen) atoms. The van der Waals surface area contributed by atoms with E-state index in [9.17, 15) is 14.0 Å². The molecule has 0 spiro atoms. The molecule has 0 aliphatic carbocycles. The molecule has 8 nitrogen and oxygen atoms in total. The standard InChI is InChI=1S/C29H33FN4O4/c1-2-38-29(36)34-11-9-23(10-12-34)31-28(35)25-18-27(32-26-8-7-22(30)17-24(25)26)21-5-3-20(4-6-21)19-33-13-15-37-16-14-33/h3-8,17-18,23H,2,9-16,19H2,1H3,(H,31,35). The van der Waals surface area contributed by atoms with E-state index in [-0.39, 0.29) is 18.0 Å². The first-order valence-corrected chi connectivity index (χ1v) is 13.2. The van der Waals surface area contributed by atoms with E-state index in [2.05, 4.69) is 22.3 Å². The Balaban J connectivity index is 1.34. The van der Waals surface area contributed by atoms with E-state index >= 15 is 0 Å². The minimum absolute atomic E-state index is 0.0899. The Morgan fingerprint density at radius 1 is 1.05 bits per heavy atom. The summed E-state index contributed by atoms with van der Waals surface area (Å²) in [4.78, 5) is 34.2. The number of nitrogens with zero attached hydrogens (tertiary/aromatic N) is 3. The Kier molecular flexibility index (Phi) is 8.14. The van der Waals surface area contributed by atoms with E-state index in [1.165, 1.54) is 17.7 Å². The van der Waals surface area contributed by atoms with Crippen LogP contribution in [0.3, 0.4) is 0 Å². The number of hydrogen-bond acceptors (Lipinski definition) is 6. The maximum absolute atomic E-state index is 14.2. The number of piperidine rings is 1. The van der Waals surface area contributed by atoms with Gasteiger partial charge in [0.1, 0.15) is 5.82 Å². The van der Waals surface area contributed by atoms with Crippen molar-refractivity contribution in [2.75, 3.05) is 46.0 Å². The van der Waals surface area contributed by atoms with E-state index in [0.717, 1.165) is 38.4 Å². The monoisotopic (exact) mass is 520 g/mol. The molecule has 2 amide bonds. The molecule has 2 fully saturated rings. The van der Waals surface area contributed by atoms with E-state index in [1.807, 2.05) is 12.1 Å². The smallest absolute Gasteiger partial charge is 0.409 e. The number of carbonyl (C=O) groups is 2. The van der Waals surface area contributed by atoms with Crippen molar-refractivity contribution >= 4 is 22.9 Å². The van der Waals surface area contributed by atoms with Crippen LogP contribution in [0.2, 0.25) is 0 Å². The summed E-state index contributed by atoms with van der Waals surface area (Å²) in [5.41, 5.74) is 3.69. The van der Waals surface area contributed by atoms with Gasteiger partial charge in [0, 0.05) is 49.7 Å². The summed E-state index contributed by atoms with van der Waals surface area (Å²) in [6.07, 6.45) is 0.923. The van der Waals surface area contributed by atoms with Crippen molar-refractivity contribution in [2.24, 2.45) is 0 Å². The lowest BCUT2D eigenvalue weighted by Gasteiger charge is -2.31. The maximum Gasteiger partial charge on any atom is 0.409 e. The molecular formula is C29H33FN4O4. The third-order valence-corrected chi connectivity index (χ3v) is 7.13. The summed E-state index contributed by atoms with van der Waals surface area (Å²) in [5, 5.41) is 3.56. The molecule has 0 radical (unpaired) electrons. The van der Waals surface area contributed by atoms with Crippen LogP contribution in [0, 0.1) is 5.82 Å². The van der Waals surface area contributed by atoms with Gasteiger partial charge in [-0.05, 0) is 49.6 Å². The van der Waals surface area contributed by atoms with Gasteiger partial charge in [0.2, 0.25) is 0 Å². The molecule has 0 unspecified atom stereocenters. The second-order valence-electron chi connectivity index (χ2n) is 9.74. The van der Waals surface area contributed by atoms with Crippen LogP contribution in [-0.2, 0) is 16.0 Å². The van der Waals surface area contributed by atoms with Crippen molar-refractivity contribution in [3.05, 3.63) is 65.5 Å². The van der Waals surface area contributed by atoms with Crippen LogP contribution in [0.25, 0.3) is 22.2 Å². The number of benzene rings is 2. The fraction of sp³-hybridized carbons (Fsp3) is 0.414. The highest BCUT2D eigenvalue weighted by Crippen LogP contribution is 2.27. The van der Waals surface area contributed by atoms with Crippen molar-refractivity contribution in [3.8, 4) is 11.3 Å². The molecule has 0 saturated carbocycles. The van der Waals surface area contributed by atoms with Crippen molar-refractivity contribution in [1.29, 1.82) is 0 Å². The Labute approximate surface area is 221 Å². The number of ether oxygens (including phenoxy) is 2. The Morgan fingerprint density at radius 2 is 1.79 bits per heavy atom. The molecule has 2 aliphatic rings. The minimum atomic E-state index is -0.420. The van der Waals surface area contributed by atoms with Crippen molar-refractivity contribution < 1.29 is 23.5 Å². The van der Waals surface area contributed by atoms with Crippen LogP contribution in [0.4, 0.5) is 9.18 Å². The highest BCUT2D eigenvalue weighted by molar-refractivity contribution is 6.07. The number of fused-ring (bicyclic) bond motifs is 1. The number of rotatable bonds is 6. The number of morpholine rings is 1. The van der Waals surface area contributed by atoms with Gasteiger partial charge in [-0.15, -0.1) is 0 Å². The van der Waals surface area contributed by atoms with Gasteiger partial charge in [-0.1, -0.05) is 24.3 Å². The van der Waals surface area contributed by atoms with Gasteiger partial charge in [-0.25, -0.2) is 14.2 Å². The second-order valence-corrected chi connectivity index (χ2v) is 9.74. The zero-order valence-corrected chi connectivity index (χ0v) is 21.6. The Morgan fingerprint density at radius 3 is 2.50 bits per heavy atom. The van der Waals surface area contributed by atoms with Crippen molar-refractivity contribution in [2.45, 2.75) is 32.4 Å². The first kappa shape index (κ1) is 26.1. The number of carbonyl (C=O) groups excluding carboxylic acids is 2. The van der Waals surface area contributed by atoms with Crippen LogP contribution in [-0.4, -0.2) is 78.8 Å². The number of nitrogens with one attached hydrogen (secondary N) is 1. The summed E-state index contributed by atoms with van der Waals surface area (Å²) < 4.78 is 24.7. The van der Waals surface area contributed by atoms with Gasteiger partial charge in [0.25, 0.3) is 5.91 Å². The predicted octanol–water partition coefficient (Wildman–Crippen LogP) is 4.22. The Hall–Kier alpha value is -3.56. The van der Waals surface area contributed by atoms with Gasteiger partial charge in [0.05, 0.1) is 36.6 Å². The lowest BCUT2D eigenvalue weighted by molar-refractivity contribution is 0.0342. The molecule has 9 heteroatoms. The second kappa shape index (κ2) is 11.9. The number of amides is 2. The zero-order valence-electron chi connectivity index (χ0n) is 21.6. The Bertz CT molecular complexity index is 1290. The van der Waals surface area contributed by atoms with Crippen LogP contribution in [0.5, 0.6) is 0 Å². The third kappa shape index (κ3) is 6.11. The molecule has 200 valence electrons. The average molecular weight is 521 g/mol.